The van der Waals surface area contributed by atoms with Crippen molar-refractivity contribution in [1.29, 1.82) is 0 Å². The molecule has 0 unspecified atom stereocenters. The molecular formula is C9H7FN2O3S. The van der Waals surface area contributed by atoms with Crippen LogP contribution in [0.2, 0.25) is 0 Å². The maximum Gasteiger partial charge on any atom is 0.280 e. The number of nitro benzene ring substituents is 1. The molecule has 0 aliphatic carbocycles. The van der Waals surface area contributed by atoms with Gasteiger partial charge in [0.15, 0.2) is 0 Å². The number of nitro groups is 1. The number of nitrogens with one attached hydrogen (secondary N) is 1. The number of non-ortho nitro benzene ring substituents is 1. The Hall–Kier alpha value is -1.76. The van der Waals surface area contributed by atoms with Gasteiger partial charge in [0.05, 0.1) is 20.7 Å². The van der Waals surface area contributed by atoms with Crippen molar-refractivity contribution in [3.63, 3.8) is 0 Å². The van der Waals surface area contributed by atoms with Crippen LogP contribution in [0.4, 0.5) is 10.1 Å². The minimum absolute atomic E-state index is 0.0453. The zero-order valence-electron chi connectivity index (χ0n) is 8.15. The van der Waals surface area contributed by atoms with Gasteiger partial charge >= 0.3 is 0 Å². The SMILES string of the molecule is CSc1c(O)[nH]c2c(F)ccc([N+](=O)[O-])c12. The summed E-state index contributed by atoms with van der Waals surface area (Å²) in [7, 11) is 0. The van der Waals surface area contributed by atoms with E-state index in [1.807, 2.05) is 0 Å². The van der Waals surface area contributed by atoms with Crippen molar-refractivity contribution in [3.05, 3.63) is 28.1 Å². The van der Waals surface area contributed by atoms with Crippen molar-refractivity contribution in [1.82, 2.24) is 4.98 Å². The van der Waals surface area contributed by atoms with Crippen molar-refractivity contribution in [2.75, 3.05) is 6.26 Å². The van der Waals surface area contributed by atoms with Gasteiger partial charge in [-0.25, -0.2) is 4.39 Å². The van der Waals surface area contributed by atoms with E-state index in [9.17, 15) is 19.6 Å². The molecule has 0 saturated heterocycles. The number of thioether (sulfide) groups is 1. The van der Waals surface area contributed by atoms with Gasteiger partial charge in [0.2, 0.25) is 5.88 Å². The average molecular weight is 242 g/mol. The number of nitrogens with zero attached hydrogens (tertiary/aromatic N) is 1. The fraction of sp³-hybridized carbons (Fsp3) is 0.111. The third-order valence-corrected chi connectivity index (χ3v) is 3.02. The second kappa shape index (κ2) is 3.67. The van der Waals surface area contributed by atoms with Crippen LogP contribution in [0.25, 0.3) is 10.9 Å². The standard InChI is InChI=1S/C9H7FN2O3S/c1-16-8-6-5(12(14)15)3-2-4(10)7(6)11-9(8)13/h2-3,11,13H,1H3. The lowest BCUT2D eigenvalue weighted by Crippen LogP contribution is -1.90. The van der Waals surface area contributed by atoms with Crippen LogP contribution in [0.5, 0.6) is 5.88 Å². The molecule has 0 aliphatic rings. The molecule has 1 aromatic heterocycles. The van der Waals surface area contributed by atoms with Crippen molar-refractivity contribution in [3.8, 4) is 5.88 Å². The van der Waals surface area contributed by atoms with Crippen molar-refractivity contribution >= 4 is 28.4 Å². The molecule has 0 radical (unpaired) electrons. The van der Waals surface area contributed by atoms with E-state index in [1.165, 1.54) is 0 Å². The first-order chi connectivity index (χ1) is 7.56. The van der Waals surface area contributed by atoms with Crippen LogP contribution < -0.4 is 0 Å². The average Bonchev–Trinajstić information content (AvgIpc) is 2.55. The number of fused-ring (bicyclic) bond motifs is 1. The number of hydrogen-bond acceptors (Lipinski definition) is 4. The van der Waals surface area contributed by atoms with Gasteiger partial charge in [0.25, 0.3) is 5.69 Å². The molecule has 0 bridgehead atoms. The topological polar surface area (TPSA) is 79.2 Å². The molecule has 2 N–H and O–H groups in total. The summed E-state index contributed by atoms with van der Waals surface area (Å²) in [6.45, 7) is 0. The molecule has 1 aromatic carbocycles. The maximum atomic E-state index is 13.4. The Bertz CT molecular complexity index is 582. The van der Waals surface area contributed by atoms with Gasteiger partial charge in [-0.05, 0) is 12.3 Å². The predicted octanol–water partition coefficient (Wildman–Crippen LogP) is 2.64. The molecule has 7 heteroatoms. The molecule has 16 heavy (non-hydrogen) atoms. The fourth-order valence-electron chi connectivity index (χ4n) is 1.56. The molecular weight excluding hydrogens is 235 g/mol. The third kappa shape index (κ3) is 1.40. The summed E-state index contributed by atoms with van der Waals surface area (Å²) >= 11 is 1.12. The van der Waals surface area contributed by atoms with Crippen LogP contribution in [0.3, 0.4) is 0 Å². The first kappa shape index (κ1) is 10.7. The van der Waals surface area contributed by atoms with Gasteiger partial charge in [0, 0.05) is 6.07 Å². The van der Waals surface area contributed by atoms with Crippen molar-refractivity contribution < 1.29 is 14.4 Å². The summed E-state index contributed by atoms with van der Waals surface area (Å²) in [4.78, 5) is 12.9. The molecule has 0 amide bonds. The minimum Gasteiger partial charge on any atom is -0.494 e. The van der Waals surface area contributed by atoms with E-state index in [0.29, 0.717) is 0 Å². The number of aromatic hydroxyl groups is 1. The molecule has 5 nitrogen and oxygen atoms in total. The van der Waals surface area contributed by atoms with Crippen LogP contribution in [0.15, 0.2) is 17.0 Å². The molecule has 0 atom stereocenters. The van der Waals surface area contributed by atoms with Crippen LogP contribution in [-0.2, 0) is 0 Å². The second-order valence-corrected chi connectivity index (χ2v) is 3.90. The minimum atomic E-state index is -0.629. The summed E-state index contributed by atoms with van der Waals surface area (Å²) < 4.78 is 13.4. The molecule has 2 aromatic rings. The Balaban J connectivity index is 2.94. The normalized spacial score (nSPS) is 10.9. The number of rotatable bonds is 2. The van der Waals surface area contributed by atoms with Crippen LogP contribution in [0, 0.1) is 15.9 Å². The van der Waals surface area contributed by atoms with Gasteiger partial charge in [-0.3, -0.25) is 10.1 Å². The molecule has 2 rings (SSSR count). The highest BCUT2D eigenvalue weighted by Gasteiger charge is 2.22. The quantitative estimate of drug-likeness (QED) is 0.482. The van der Waals surface area contributed by atoms with Crippen LogP contribution in [0.1, 0.15) is 0 Å². The Morgan fingerprint density at radius 1 is 1.56 bits per heavy atom. The Labute approximate surface area is 93.4 Å². The van der Waals surface area contributed by atoms with Gasteiger partial charge in [-0.1, -0.05) is 0 Å². The van der Waals surface area contributed by atoms with Crippen molar-refractivity contribution in [2.24, 2.45) is 0 Å². The number of aromatic amines is 1. The lowest BCUT2D eigenvalue weighted by Gasteiger charge is -1.97. The maximum absolute atomic E-state index is 13.4. The Kier molecular flexibility index (Phi) is 2.47. The summed E-state index contributed by atoms with van der Waals surface area (Å²) in [5.74, 6) is -0.882. The number of hydrogen-bond donors (Lipinski definition) is 2. The monoisotopic (exact) mass is 242 g/mol. The molecule has 1 heterocycles. The summed E-state index contributed by atoms with van der Waals surface area (Å²) in [5.41, 5.74) is -0.270. The Morgan fingerprint density at radius 2 is 2.25 bits per heavy atom. The molecule has 0 saturated carbocycles. The predicted molar refractivity (Wildman–Crippen MR) is 58.4 cm³/mol. The smallest absolute Gasteiger partial charge is 0.280 e. The first-order valence-corrected chi connectivity index (χ1v) is 5.50. The van der Waals surface area contributed by atoms with E-state index in [4.69, 9.17) is 0 Å². The number of H-pyrrole nitrogens is 1. The largest absolute Gasteiger partial charge is 0.494 e. The number of halogens is 1. The van der Waals surface area contributed by atoms with E-state index in [0.717, 1.165) is 23.9 Å². The lowest BCUT2D eigenvalue weighted by molar-refractivity contribution is -0.383. The van der Waals surface area contributed by atoms with Gasteiger partial charge in [0.1, 0.15) is 5.82 Å². The summed E-state index contributed by atoms with van der Waals surface area (Å²) in [6.07, 6.45) is 1.65. The van der Waals surface area contributed by atoms with Gasteiger partial charge < -0.3 is 10.1 Å². The zero-order valence-corrected chi connectivity index (χ0v) is 8.97. The number of benzene rings is 1. The molecule has 0 spiro atoms. The van der Waals surface area contributed by atoms with E-state index >= 15 is 0 Å². The summed E-state index contributed by atoms with van der Waals surface area (Å²) in [6, 6.07) is 2.09. The first-order valence-electron chi connectivity index (χ1n) is 4.27. The van der Waals surface area contributed by atoms with Crippen LogP contribution >= 0.6 is 11.8 Å². The van der Waals surface area contributed by atoms with Gasteiger partial charge in [-0.15, -0.1) is 11.8 Å². The van der Waals surface area contributed by atoms with Crippen molar-refractivity contribution in [2.45, 2.75) is 4.90 Å². The highest BCUT2D eigenvalue weighted by atomic mass is 32.2. The fourth-order valence-corrected chi connectivity index (χ4v) is 2.22. The highest BCUT2D eigenvalue weighted by molar-refractivity contribution is 7.99. The van der Waals surface area contributed by atoms with Crippen LogP contribution in [-0.4, -0.2) is 21.3 Å². The number of aromatic nitrogens is 1. The van der Waals surface area contributed by atoms with E-state index in [2.05, 4.69) is 4.98 Å². The van der Waals surface area contributed by atoms with E-state index in [-0.39, 0.29) is 27.4 Å². The third-order valence-electron chi connectivity index (χ3n) is 2.22. The Morgan fingerprint density at radius 3 is 2.81 bits per heavy atom. The summed E-state index contributed by atoms with van der Waals surface area (Å²) in [5, 5.41) is 20.4. The highest BCUT2D eigenvalue weighted by Crippen LogP contribution is 2.40. The van der Waals surface area contributed by atoms with E-state index < -0.39 is 10.7 Å². The molecule has 0 fully saturated rings. The molecule has 84 valence electrons. The molecule has 0 aliphatic heterocycles. The van der Waals surface area contributed by atoms with E-state index in [1.54, 1.807) is 6.26 Å². The second-order valence-electron chi connectivity index (χ2n) is 3.08. The lowest BCUT2D eigenvalue weighted by atomic mass is 10.2. The zero-order chi connectivity index (χ0) is 11.9. The van der Waals surface area contributed by atoms with Gasteiger partial charge in [-0.2, -0.15) is 0 Å².